The highest BCUT2D eigenvalue weighted by molar-refractivity contribution is 5.79. The van der Waals surface area contributed by atoms with Gasteiger partial charge in [-0.15, -0.1) is 0 Å². The van der Waals surface area contributed by atoms with Crippen LogP contribution in [0.5, 0.6) is 0 Å². The highest BCUT2D eigenvalue weighted by Crippen LogP contribution is 2.40. The van der Waals surface area contributed by atoms with Crippen LogP contribution >= 0.6 is 0 Å². The second-order valence-corrected chi connectivity index (χ2v) is 2.60. The van der Waals surface area contributed by atoms with Gasteiger partial charge in [-0.05, 0) is 18.9 Å². The lowest BCUT2D eigenvalue weighted by atomic mass is 10.2. The van der Waals surface area contributed by atoms with Gasteiger partial charge < -0.3 is 4.74 Å². The molecule has 0 aromatic carbocycles. The summed E-state index contributed by atoms with van der Waals surface area (Å²) in [6.45, 7) is 0. The van der Waals surface area contributed by atoms with Gasteiger partial charge in [-0.2, -0.15) is 5.26 Å². The molecule has 0 aliphatic heterocycles. The Morgan fingerprint density at radius 2 is 2.36 bits per heavy atom. The van der Waals surface area contributed by atoms with E-state index in [2.05, 4.69) is 0 Å². The van der Waals surface area contributed by atoms with Gasteiger partial charge in [0.15, 0.2) is 6.29 Å². The third kappa shape index (κ3) is 1.66. The number of ether oxygens (including phenoxy) is 1. The Bertz CT molecular complexity index is 233. The Balaban J connectivity index is 2.71. The van der Waals surface area contributed by atoms with E-state index < -0.39 is 0 Å². The first kappa shape index (κ1) is 7.96. The fraction of sp³-hybridized carbons (Fsp3) is 0.500. The molecule has 3 heteroatoms. The van der Waals surface area contributed by atoms with Crippen molar-refractivity contribution in [3.05, 3.63) is 11.6 Å². The summed E-state index contributed by atoms with van der Waals surface area (Å²) in [6.07, 6.45) is 3.96. The molecule has 1 rings (SSSR count). The van der Waals surface area contributed by atoms with E-state index in [1.165, 1.54) is 0 Å². The Labute approximate surface area is 65.3 Å². The van der Waals surface area contributed by atoms with Crippen molar-refractivity contribution in [3.63, 3.8) is 0 Å². The van der Waals surface area contributed by atoms with E-state index in [-0.39, 0.29) is 11.2 Å². The van der Waals surface area contributed by atoms with E-state index in [0.29, 0.717) is 6.29 Å². The molecule has 0 atom stereocenters. The molecule has 0 N–H and O–H groups in total. The molecule has 1 fully saturated rings. The van der Waals surface area contributed by atoms with Gasteiger partial charge in [-0.3, -0.25) is 4.79 Å². The average Bonchev–Trinajstić information content (AvgIpc) is 2.81. The Morgan fingerprint density at radius 1 is 1.73 bits per heavy atom. The molecule has 58 valence electrons. The quantitative estimate of drug-likeness (QED) is 0.341. The van der Waals surface area contributed by atoms with E-state index in [0.717, 1.165) is 12.8 Å². The number of carbonyl (C=O) groups is 1. The fourth-order valence-corrected chi connectivity index (χ4v) is 0.907. The molecule has 0 aromatic heterocycles. The van der Waals surface area contributed by atoms with Crippen molar-refractivity contribution in [1.82, 2.24) is 0 Å². The van der Waals surface area contributed by atoms with E-state index in [1.54, 1.807) is 19.3 Å². The van der Waals surface area contributed by atoms with Crippen molar-refractivity contribution in [2.45, 2.75) is 18.4 Å². The number of aldehydes is 1. The molecule has 11 heavy (non-hydrogen) atoms. The summed E-state index contributed by atoms with van der Waals surface area (Å²) in [6, 6.07) is 1.80. The predicted molar refractivity (Wildman–Crippen MR) is 38.7 cm³/mol. The minimum absolute atomic E-state index is 0.157. The van der Waals surface area contributed by atoms with Crippen molar-refractivity contribution in [3.8, 4) is 6.07 Å². The van der Waals surface area contributed by atoms with E-state index in [4.69, 9.17) is 10.00 Å². The van der Waals surface area contributed by atoms with Crippen LogP contribution in [0.4, 0.5) is 0 Å². The molecule has 0 radical (unpaired) electrons. The van der Waals surface area contributed by atoms with Crippen LogP contribution in [-0.4, -0.2) is 19.0 Å². The second-order valence-electron chi connectivity index (χ2n) is 2.60. The van der Waals surface area contributed by atoms with Gasteiger partial charge in [-0.25, -0.2) is 0 Å². The summed E-state index contributed by atoms with van der Waals surface area (Å²) in [7, 11) is 1.59. The van der Waals surface area contributed by atoms with Gasteiger partial charge >= 0.3 is 0 Å². The predicted octanol–water partition coefficient (Wildman–Crippen LogP) is 0.814. The van der Waals surface area contributed by atoms with Crippen LogP contribution in [-0.2, 0) is 9.53 Å². The zero-order valence-electron chi connectivity index (χ0n) is 6.33. The number of hydrogen-bond donors (Lipinski definition) is 0. The molecule has 0 spiro atoms. The van der Waals surface area contributed by atoms with Crippen molar-refractivity contribution in [2.75, 3.05) is 7.11 Å². The minimum atomic E-state index is -0.300. The third-order valence-corrected chi connectivity index (χ3v) is 1.82. The number of hydrogen-bond acceptors (Lipinski definition) is 3. The maximum absolute atomic E-state index is 10.2. The molecule has 0 amide bonds. The maximum Gasteiger partial charge on any atom is 0.160 e. The van der Waals surface area contributed by atoms with Crippen molar-refractivity contribution in [2.24, 2.45) is 0 Å². The molecule has 0 aromatic rings. The zero-order chi connectivity index (χ0) is 8.32. The number of nitriles is 1. The van der Waals surface area contributed by atoms with Crippen molar-refractivity contribution in [1.29, 1.82) is 5.26 Å². The lowest BCUT2D eigenvalue weighted by molar-refractivity contribution is -0.104. The number of carbonyl (C=O) groups excluding carboxylic acids is 1. The number of nitrogens with zero attached hydrogens (tertiary/aromatic N) is 1. The fourth-order valence-electron chi connectivity index (χ4n) is 0.907. The molecule has 0 bridgehead atoms. The van der Waals surface area contributed by atoms with Crippen LogP contribution in [0.2, 0.25) is 0 Å². The third-order valence-electron chi connectivity index (χ3n) is 1.82. The molecule has 0 heterocycles. The average molecular weight is 151 g/mol. The van der Waals surface area contributed by atoms with Gasteiger partial charge in [0.05, 0.1) is 11.2 Å². The monoisotopic (exact) mass is 151 g/mol. The summed E-state index contributed by atoms with van der Waals surface area (Å²) < 4.78 is 5.10. The van der Waals surface area contributed by atoms with E-state index >= 15 is 0 Å². The lowest BCUT2D eigenvalue weighted by Crippen LogP contribution is -2.07. The van der Waals surface area contributed by atoms with Gasteiger partial charge in [0.2, 0.25) is 0 Å². The normalized spacial score (nSPS) is 20.5. The summed E-state index contributed by atoms with van der Waals surface area (Å²) in [5.74, 6) is 0. The zero-order valence-corrected chi connectivity index (χ0v) is 6.33. The SMILES string of the molecule is COC1(/C=C(\C#N)C=O)CC1. The smallest absolute Gasteiger partial charge is 0.160 e. The van der Waals surface area contributed by atoms with Crippen LogP contribution < -0.4 is 0 Å². The Hall–Kier alpha value is -1.14. The first-order chi connectivity index (χ1) is 5.26. The molecular weight excluding hydrogens is 142 g/mol. The summed E-state index contributed by atoms with van der Waals surface area (Å²) in [5.41, 5.74) is -0.143. The second kappa shape index (κ2) is 2.85. The number of methoxy groups -OCH3 is 1. The van der Waals surface area contributed by atoms with E-state index in [1.807, 2.05) is 0 Å². The van der Waals surface area contributed by atoms with Crippen molar-refractivity contribution < 1.29 is 9.53 Å². The Kier molecular flexibility index (Phi) is 2.06. The van der Waals surface area contributed by atoms with Crippen LogP contribution in [0.15, 0.2) is 11.6 Å². The standard InChI is InChI=1S/C8H9NO2/c1-11-8(2-3-8)4-7(5-9)6-10/h4,6H,2-3H2,1H3/b7-4+. The maximum atomic E-state index is 10.2. The van der Waals surface area contributed by atoms with Crippen LogP contribution in [0, 0.1) is 11.3 Å². The highest BCUT2D eigenvalue weighted by atomic mass is 16.5. The number of allylic oxidation sites excluding steroid dienone is 1. The Morgan fingerprint density at radius 3 is 2.64 bits per heavy atom. The molecule has 1 aliphatic rings. The number of rotatable bonds is 3. The molecule has 3 nitrogen and oxygen atoms in total. The van der Waals surface area contributed by atoms with Crippen LogP contribution in [0.3, 0.4) is 0 Å². The largest absolute Gasteiger partial charge is 0.374 e. The van der Waals surface area contributed by atoms with Gasteiger partial charge in [0.25, 0.3) is 0 Å². The summed E-state index contributed by atoms with van der Waals surface area (Å²) in [4.78, 5) is 10.2. The van der Waals surface area contributed by atoms with Gasteiger partial charge in [-0.1, -0.05) is 0 Å². The minimum Gasteiger partial charge on any atom is -0.374 e. The topological polar surface area (TPSA) is 50.1 Å². The molecular formula is C8H9NO2. The molecule has 0 saturated heterocycles. The van der Waals surface area contributed by atoms with Crippen molar-refractivity contribution >= 4 is 6.29 Å². The highest BCUT2D eigenvalue weighted by Gasteiger charge is 2.41. The lowest BCUT2D eigenvalue weighted by Gasteiger charge is -2.05. The molecule has 0 unspecified atom stereocenters. The molecule has 1 aliphatic carbocycles. The van der Waals surface area contributed by atoms with Crippen LogP contribution in [0.25, 0.3) is 0 Å². The van der Waals surface area contributed by atoms with Gasteiger partial charge in [0, 0.05) is 7.11 Å². The first-order valence-corrected chi connectivity index (χ1v) is 3.39. The molecule has 1 saturated carbocycles. The summed E-state index contributed by atoms with van der Waals surface area (Å²) >= 11 is 0. The van der Waals surface area contributed by atoms with Crippen LogP contribution in [0.1, 0.15) is 12.8 Å². The van der Waals surface area contributed by atoms with E-state index in [9.17, 15) is 4.79 Å². The van der Waals surface area contributed by atoms with Gasteiger partial charge in [0.1, 0.15) is 6.07 Å². The summed E-state index contributed by atoms with van der Waals surface area (Å²) in [5, 5.41) is 8.41. The first-order valence-electron chi connectivity index (χ1n) is 3.39.